The van der Waals surface area contributed by atoms with E-state index in [0.29, 0.717) is 0 Å². The van der Waals surface area contributed by atoms with Gasteiger partial charge < -0.3 is 10.6 Å². The van der Waals surface area contributed by atoms with Crippen molar-refractivity contribution in [3.63, 3.8) is 0 Å². The minimum Gasteiger partial charge on any atom is -0.332 e. The first-order valence-electron chi connectivity index (χ1n) is 6.88. The number of thiazole rings is 1. The first-order valence-corrected chi connectivity index (χ1v) is 8.98. The van der Waals surface area contributed by atoms with Crippen LogP contribution in [0.25, 0.3) is 0 Å². The fraction of sp³-hybridized carbons (Fsp3) is 0.400. The summed E-state index contributed by atoms with van der Waals surface area (Å²) in [4.78, 5) is 5.88. The van der Waals surface area contributed by atoms with Crippen LogP contribution >= 0.6 is 23.1 Å². The standard InChI is InChI=1S/C15H21N3S2/c1-3-8-16-9-7-13-11-20-15(18-13)17-12-5-4-6-14(10-12)19-2/h4-6,10-11,16H,3,7-9H2,1-2H3,(H,17,18). The van der Waals surface area contributed by atoms with Crippen molar-refractivity contribution in [1.29, 1.82) is 0 Å². The summed E-state index contributed by atoms with van der Waals surface area (Å²) in [6.07, 6.45) is 4.25. The van der Waals surface area contributed by atoms with Crippen molar-refractivity contribution in [2.75, 3.05) is 24.7 Å². The molecule has 0 saturated carbocycles. The van der Waals surface area contributed by atoms with Gasteiger partial charge in [0.05, 0.1) is 5.69 Å². The van der Waals surface area contributed by atoms with Crippen LogP contribution in [0.1, 0.15) is 19.0 Å². The largest absolute Gasteiger partial charge is 0.332 e. The maximum absolute atomic E-state index is 4.62. The summed E-state index contributed by atoms with van der Waals surface area (Å²) in [6.45, 7) is 4.26. The third kappa shape index (κ3) is 4.81. The molecule has 0 aliphatic carbocycles. The molecule has 2 rings (SSSR count). The maximum Gasteiger partial charge on any atom is 0.187 e. The van der Waals surface area contributed by atoms with Crippen LogP contribution < -0.4 is 10.6 Å². The van der Waals surface area contributed by atoms with E-state index in [-0.39, 0.29) is 0 Å². The highest BCUT2D eigenvalue weighted by atomic mass is 32.2. The monoisotopic (exact) mass is 307 g/mol. The number of nitrogens with one attached hydrogen (secondary N) is 2. The molecule has 0 atom stereocenters. The zero-order valence-electron chi connectivity index (χ0n) is 12.0. The minimum absolute atomic E-state index is 0.966. The molecule has 1 aromatic heterocycles. The molecule has 0 radical (unpaired) electrons. The van der Waals surface area contributed by atoms with Crippen LogP contribution in [0, 0.1) is 0 Å². The number of nitrogens with zero attached hydrogens (tertiary/aromatic N) is 1. The summed E-state index contributed by atoms with van der Waals surface area (Å²) in [5.41, 5.74) is 2.25. The van der Waals surface area contributed by atoms with E-state index in [2.05, 4.69) is 58.4 Å². The van der Waals surface area contributed by atoms with Gasteiger partial charge in [-0.1, -0.05) is 13.0 Å². The van der Waals surface area contributed by atoms with Crippen molar-refractivity contribution in [3.05, 3.63) is 35.3 Å². The fourth-order valence-corrected chi connectivity index (χ4v) is 3.05. The van der Waals surface area contributed by atoms with Crippen molar-refractivity contribution >= 4 is 33.9 Å². The molecule has 0 unspecified atom stereocenters. The van der Waals surface area contributed by atoms with Crippen LogP contribution in [-0.2, 0) is 6.42 Å². The maximum atomic E-state index is 4.62. The number of benzene rings is 1. The molecule has 0 bridgehead atoms. The molecule has 3 nitrogen and oxygen atoms in total. The van der Waals surface area contributed by atoms with Crippen LogP contribution in [0.5, 0.6) is 0 Å². The Morgan fingerprint density at radius 1 is 1.30 bits per heavy atom. The lowest BCUT2D eigenvalue weighted by Crippen LogP contribution is -2.17. The van der Waals surface area contributed by atoms with Gasteiger partial charge in [0.25, 0.3) is 0 Å². The van der Waals surface area contributed by atoms with Gasteiger partial charge >= 0.3 is 0 Å². The van der Waals surface area contributed by atoms with E-state index in [0.717, 1.165) is 36.0 Å². The summed E-state index contributed by atoms with van der Waals surface area (Å²) in [5, 5.41) is 9.87. The molecular weight excluding hydrogens is 286 g/mol. The van der Waals surface area contributed by atoms with E-state index in [4.69, 9.17) is 0 Å². The summed E-state index contributed by atoms with van der Waals surface area (Å²) in [5.74, 6) is 0. The van der Waals surface area contributed by atoms with Crippen molar-refractivity contribution < 1.29 is 0 Å². The minimum atomic E-state index is 0.966. The smallest absolute Gasteiger partial charge is 0.187 e. The number of hydrogen-bond acceptors (Lipinski definition) is 5. The molecule has 0 aliphatic rings. The molecule has 20 heavy (non-hydrogen) atoms. The molecule has 2 aromatic rings. The predicted octanol–water partition coefficient (Wildman–Crippen LogP) is 4.15. The number of anilines is 2. The average molecular weight is 307 g/mol. The Morgan fingerprint density at radius 3 is 3.00 bits per heavy atom. The van der Waals surface area contributed by atoms with Gasteiger partial charge in [-0.05, 0) is 37.4 Å². The lowest BCUT2D eigenvalue weighted by atomic mass is 10.3. The van der Waals surface area contributed by atoms with Crippen LogP contribution in [0.3, 0.4) is 0 Å². The van der Waals surface area contributed by atoms with E-state index < -0.39 is 0 Å². The quantitative estimate of drug-likeness (QED) is 0.567. The molecule has 1 aromatic carbocycles. The molecule has 0 aliphatic heterocycles. The van der Waals surface area contributed by atoms with E-state index in [1.54, 1.807) is 23.1 Å². The van der Waals surface area contributed by atoms with Gasteiger partial charge in [0.1, 0.15) is 0 Å². The fourth-order valence-electron chi connectivity index (χ4n) is 1.82. The highest BCUT2D eigenvalue weighted by Crippen LogP contribution is 2.24. The van der Waals surface area contributed by atoms with Crippen molar-refractivity contribution in [2.45, 2.75) is 24.7 Å². The summed E-state index contributed by atoms with van der Waals surface area (Å²) >= 11 is 3.41. The lowest BCUT2D eigenvalue weighted by Gasteiger charge is -2.04. The zero-order valence-corrected chi connectivity index (χ0v) is 13.6. The van der Waals surface area contributed by atoms with Gasteiger partial charge in [0.15, 0.2) is 5.13 Å². The molecule has 5 heteroatoms. The Bertz CT molecular complexity index is 525. The van der Waals surface area contributed by atoms with Crippen LogP contribution in [0.4, 0.5) is 10.8 Å². The third-order valence-corrected chi connectivity index (χ3v) is 4.39. The second-order valence-electron chi connectivity index (χ2n) is 4.50. The summed E-state index contributed by atoms with van der Waals surface area (Å²) < 4.78 is 0. The first-order chi connectivity index (χ1) is 9.81. The second kappa shape index (κ2) is 8.29. The van der Waals surface area contributed by atoms with Crippen LogP contribution in [0.15, 0.2) is 34.5 Å². The van der Waals surface area contributed by atoms with Crippen LogP contribution in [0.2, 0.25) is 0 Å². The Morgan fingerprint density at radius 2 is 2.20 bits per heavy atom. The highest BCUT2D eigenvalue weighted by molar-refractivity contribution is 7.98. The number of thioether (sulfide) groups is 1. The van der Waals surface area contributed by atoms with Gasteiger partial charge in [0.2, 0.25) is 0 Å². The SMILES string of the molecule is CCCNCCc1csc(Nc2cccc(SC)c2)n1. The van der Waals surface area contributed by atoms with Gasteiger partial charge in [-0.25, -0.2) is 4.98 Å². The van der Waals surface area contributed by atoms with E-state index in [9.17, 15) is 0 Å². The van der Waals surface area contributed by atoms with Gasteiger partial charge in [-0.3, -0.25) is 0 Å². The van der Waals surface area contributed by atoms with Gasteiger partial charge in [0, 0.05) is 28.9 Å². The molecule has 0 spiro atoms. The molecule has 1 heterocycles. The molecular formula is C15H21N3S2. The Balaban J connectivity index is 1.88. The number of hydrogen-bond donors (Lipinski definition) is 2. The van der Waals surface area contributed by atoms with Gasteiger partial charge in [-0.15, -0.1) is 23.1 Å². The topological polar surface area (TPSA) is 37.0 Å². The number of aromatic nitrogens is 1. The Kier molecular flexibility index (Phi) is 6.36. The highest BCUT2D eigenvalue weighted by Gasteiger charge is 2.03. The second-order valence-corrected chi connectivity index (χ2v) is 6.24. The van der Waals surface area contributed by atoms with Crippen LogP contribution in [-0.4, -0.2) is 24.3 Å². The molecule has 0 amide bonds. The summed E-state index contributed by atoms with van der Waals surface area (Å²) in [6, 6.07) is 8.40. The molecule has 108 valence electrons. The van der Waals surface area contributed by atoms with Crippen molar-refractivity contribution in [3.8, 4) is 0 Å². The van der Waals surface area contributed by atoms with E-state index in [1.165, 1.54) is 11.3 Å². The van der Waals surface area contributed by atoms with Gasteiger partial charge in [-0.2, -0.15) is 0 Å². The van der Waals surface area contributed by atoms with E-state index >= 15 is 0 Å². The Hall–Kier alpha value is -1.04. The molecule has 2 N–H and O–H groups in total. The van der Waals surface area contributed by atoms with Crippen molar-refractivity contribution in [2.24, 2.45) is 0 Å². The lowest BCUT2D eigenvalue weighted by molar-refractivity contribution is 0.667. The third-order valence-electron chi connectivity index (χ3n) is 2.86. The molecule has 0 saturated heterocycles. The normalized spacial score (nSPS) is 10.7. The Labute approximate surface area is 129 Å². The summed E-state index contributed by atoms with van der Waals surface area (Å²) in [7, 11) is 0. The van der Waals surface area contributed by atoms with E-state index in [1.807, 2.05) is 0 Å². The average Bonchev–Trinajstić information content (AvgIpc) is 2.91. The zero-order chi connectivity index (χ0) is 14.2. The molecule has 0 fully saturated rings. The van der Waals surface area contributed by atoms with Crippen molar-refractivity contribution in [1.82, 2.24) is 10.3 Å². The first kappa shape index (κ1) is 15.4. The number of rotatable bonds is 8. The predicted molar refractivity (Wildman–Crippen MR) is 90.5 cm³/mol.